The fraction of sp³-hybridized carbons (Fsp3) is 0.222. The van der Waals surface area contributed by atoms with Crippen molar-refractivity contribution in [2.24, 2.45) is 7.05 Å². The zero-order valence-corrected chi connectivity index (χ0v) is 13.6. The van der Waals surface area contributed by atoms with Crippen LogP contribution in [0.3, 0.4) is 0 Å². The monoisotopic (exact) mass is 349 g/mol. The summed E-state index contributed by atoms with van der Waals surface area (Å²) in [4.78, 5) is 0.658. The van der Waals surface area contributed by atoms with Gasteiger partial charge in [0.2, 0.25) is 0 Å². The summed E-state index contributed by atoms with van der Waals surface area (Å²) in [5, 5.41) is 10.4. The Morgan fingerprint density at radius 1 is 1.17 bits per heavy atom. The first-order valence-corrected chi connectivity index (χ1v) is 8.44. The van der Waals surface area contributed by atoms with Gasteiger partial charge in [0.1, 0.15) is 0 Å². The smallest absolute Gasteiger partial charge is 0.392 e. The van der Waals surface area contributed by atoms with E-state index in [2.05, 4.69) is 0 Å². The van der Waals surface area contributed by atoms with E-state index in [0.29, 0.717) is 10.6 Å². The maximum absolute atomic E-state index is 12.9. The summed E-state index contributed by atoms with van der Waals surface area (Å²) in [5.74, 6) is 0.621. The lowest BCUT2D eigenvalue weighted by Gasteiger charge is -2.19. The molecule has 2 heterocycles. The molecule has 3 aromatic rings. The molecule has 1 aliphatic heterocycles. The highest BCUT2D eigenvalue weighted by Crippen LogP contribution is 2.47. The Labute approximate surface area is 140 Å². The van der Waals surface area contributed by atoms with Crippen LogP contribution in [0, 0.1) is 0 Å². The van der Waals surface area contributed by atoms with E-state index in [-0.39, 0.29) is 6.61 Å². The Balaban J connectivity index is 1.96. The van der Waals surface area contributed by atoms with Gasteiger partial charge in [0.15, 0.2) is 0 Å². The molecule has 0 unspecified atom stereocenters. The normalized spacial score (nSPS) is 13.9. The van der Waals surface area contributed by atoms with Gasteiger partial charge in [0.05, 0.1) is 17.9 Å². The summed E-state index contributed by atoms with van der Waals surface area (Å²) < 4.78 is 40.9. The molecule has 6 heteroatoms. The number of aryl methyl sites for hydroxylation is 1. The van der Waals surface area contributed by atoms with E-state index in [4.69, 9.17) is 0 Å². The first-order chi connectivity index (χ1) is 11.4. The SMILES string of the molecule is Cn1c2c(c3cc(CO)ccc31)CSc1cc(C(F)(F)F)ccc1-2. The van der Waals surface area contributed by atoms with Crippen molar-refractivity contribution in [2.75, 3.05) is 0 Å². The Hall–Kier alpha value is -1.92. The van der Waals surface area contributed by atoms with Crippen LogP contribution in [0.1, 0.15) is 16.7 Å². The van der Waals surface area contributed by atoms with Gasteiger partial charge in [-0.1, -0.05) is 12.1 Å². The van der Waals surface area contributed by atoms with Crippen LogP contribution in [-0.2, 0) is 25.6 Å². The topological polar surface area (TPSA) is 25.2 Å². The molecule has 0 fully saturated rings. The number of hydrogen-bond acceptors (Lipinski definition) is 2. The minimum absolute atomic E-state index is 0.0295. The lowest BCUT2D eigenvalue weighted by atomic mass is 10.0. The zero-order chi connectivity index (χ0) is 17.1. The number of aliphatic hydroxyl groups excluding tert-OH is 1. The second-order valence-electron chi connectivity index (χ2n) is 5.89. The summed E-state index contributed by atoms with van der Waals surface area (Å²) in [5.41, 5.74) is 4.14. The van der Waals surface area contributed by atoms with Crippen LogP contribution in [-0.4, -0.2) is 9.67 Å². The second kappa shape index (κ2) is 5.29. The number of halogens is 3. The standard InChI is InChI=1S/C18H14F3NOS/c1-22-15-5-2-10(8-23)6-13(15)14-9-24-16-7-11(18(19,20)21)3-4-12(16)17(14)22/h2-7,23H,8-9H2,1H3. The first-order valence-electron chi connectivity index (χ1n) is 7.45. The van der Waals surface area contributed by atoms with E-state index in [9.17, 15) is 18.3 Å². The van der Waals surface area contributed by atoms with Crippen LogP contribution in [0.4, 0.5) is 13.2 Å². The highest BCUT2D eigenvalue weighted by molar-refractivity contribution is 7.98. The Bertz CT molecular complexity index is 959. The molecule has 0 bridgehead atoms. The van der Waals surface area contributed by atoms with Crippen molar-refractivity contribution in [3.63, 3.8) is 0 Å². The van der Waals surface area contributed by atoms with Gasteiger partial charge in [-0.25, -0.2) is 0 Å². The van der Waals surface area contributed by atoms with Crippen molar-refractivity contribution < 1.29 is 18.3 Å². The molecule has 1 aliphatic rings. The molecule has 1 N–H and O–H groups in total. The summed E-state index contributed by atoms with van der Waals surface area (Å²) >= 11 is 1.43. The number of aromatic nitrogens is 1. The van der Waals surface area contributed by atoms with Crippen LogP contribution in [0.2, 0.25) is 0 Å². The number of rotatable bonds is 1. The van der Waals surface area contributed by atoms with Crippen molar-refractivity contribution in [3.05, 3.63) is 53.1 Å². The Kier molecular flexibility index (Phi) is 3.44. The summed E-state index contributed by atoms with van der Waals surface area (Å²) in [6, 6.07) is 9.73. The lowest BCUT2D eigenvalue weighted by Crippen LogP contribution is -2.07. The summed E-state index contributed by atoms with van der Waals surface area (Å²) in [7, 11) is 1.93. The molecule has 4 rings (SSSR count). The third kappa shape index (κ3) is 2.24. The summed E-state index contributed by atoms with van der Waals surface area (Å²) in [6.45, 7) is -0.0295. The molecule has 0 amide bonds. The van der Waals surface area contributed by atoms with Gasteiger partial charge in [-0.2, -0.15) is 13.2 Å². The van der Waals surface area contributed by atoms with Crippen molar-refractivity contribution >= 4 is 22.7 Å². The number of hydrogen-bond donors (Lipinski definition) is 1. The van der Waals surface area contributed by atoms with Crippen molar-refractivity contribution in [3.8, 4) is 11.3 Å². The third-order valence-corrected chi connectivity index (χ3v) is 5.57. The van der Waals surface area contributed by atoms with Gasteiger partial charge < -0.3 is 9.67 Å². The minimum Gasteiger partial charge on any atom is -0.392 e. The third-order valence-electron chi connectivity index (χ3n) is 4.49. The highest BCUT2D eigenvalue weighted by atomic mass is 32.2. The lowest BCUT2D eigenvalue weighted by molar-refractivity contribution is -0.137. The number of alkyl halides is 3. The van der Waals surface area contributed by atoms with Gasteiger partial charge in [-0.3, -0.25) is 0 Å². The predicted octanol–water partition coefficient (Wildman–Crippen LogP) is 4.96. The number of aliphatic hydroxyl groups is 1. The number of benzene rings is 2. The highest BCUT2D eigenvalue weighted by Gasteiger charge is 2.32. The van der Waals surface area contributed by atoms with Crippen molar-refractivity contribution in [1.29, 1.82) is 0 Å². The molecule has 2 aromatic carbocycles. The van der Waals surface area contributed by atoms with E-state index in [1.807, 2.05) is 29.8 Å². The minimum atomic E-state index is -4.33. The molecule has 0 atom stereocenters. The zero-order valence-electron chi connectivity index (χ0n) is 12.8. The number of nitrogens with zero attached hydrogens (tertiary/aromatic N) is 1. The second-order valence-corrected chi connectivity index (χ2v) is 6.91. The number of thioether (sulfide) groups is 1. The maximum Gasteiger partial charge on any atom is 0.416 e. The molecule has 124 valence electrons. The first kappa shape index (κ1) is 15.6. The molecule has 0 spiro atoms. The molecule has 1 aromatic heterocycles. The van der Waals surface area contributed by atoms with Crippen LogP contribution in [0.15, 0.2) is 41.3 Å². The predicted molar refractivity (Wildman–Crippen MR) is 88.8 cm³/mol. The van der Waals surface area contributed by atoms with Gasteiger partial charge >= 0.3 is 6.18 Å². The molecular formula is C18H14F3NOS. The van der Waals surface area contributed by atoms with Crippen LogP contribution < -0.4 is 0 Å². The van der Waals surface area contributed by atoms with Gasteiger partial charge in [0.25, 0.3) is 0 Å². The molecule has 24 heavy (non-hydrogen) atoms. The fourth-order valence-electron chi connectivity index (χ4n) is 3.32. The average Bonchev–Trinajstić information content (AvgIpc) is 2.86. The molecule has 0 saturated heterocycles. The maximum atomic E-state index is 12.9. The Morgan fingerprint density at radius 3 is 2.67 bits per heavy atom. The molecule has 2 nitrogen and oxygen atoms in total. The van der Waals surface area contributed by atoms with E-state index in [0.717, 1.165) is 39.4 Å². The average molecular weight is 349 g/mol. The van der Waals surface area contributed by atoms with E-state index < -0.39 is 11.7 Å². The largest absolute Gasteiger partial charge is 0.416 e. The molecular weight excluding hydrogens is 335 g/mol. The quantitative estimate of drug-likeness (QED) is 0.672. The van der Waals surface area contributed by atoms with Crippen molar-refractivity contribution in [1.82, 2.24) is 4.57 Å². The van der Waals surface area contributed by atoms with E-state index >= 15 is 0 Å². The van der Waals surface area contributed by atoms with Gasteiger partial charge in [-0.05, 0) is 35.4 Å². The van der Waals surface area contributed by atoms with Crippen molar-refractivity contribution in [2.45, 2.75) is 23.4 Å². The van der Waals surface area contributed by atoms with Crippen LogP contribution in [0.25, 0.3) is 22.2 Å². The van der Waals surface area contributed by atoms with E-state index in [1.54, 1.807) is 6.07 Å². The number of fused-ring (bicyclic) bond motifs is 5. The van der Waals surface area contributed by atoms with E-state index in [1.165, 1.54) is 17.8 Å². The van der Waals surface area contributed by atoms with Gasteiger partial charge in [-0.15, -0.1) is 11.8 Å². The Morgan fingerprint density at radius 2 is 1.96 bits per heavy atom. The fourth-order valence-corrected chi connectivity index (χ4v) is 4.44. The van der Waals surface area contributed by atoms with Gasteiger partial charge in [0, 0.05) is 34.2 Å². The molecule has 0 saturated carbocycles. The van der Waals surface area contributed by atoms with Crippen LogP contribution in [0.5, 0.6) is 0 Å². The summed E-state index contributed by atoms with van der Waals surface area (Å²) in [6.07, 6.45) is -4.33. The molecule has 0 aliphatic carbocycles. The molecule has 0 radical (unpaired) electrons. The van der Waals surface area contributed by atoms with Crippen LogP contribution >= 0.6 is 11.8 Å².